The number of aromatic nitrogens is 1. The van der Waals surface area contributed by atoms with Crippen LogP contribution in [0.5, 0.6) is 0 Å². The molecule has 1 rings (SSSR count). The highest BCUT2D eigenvalue weighted by Gasteiger charge is 2.43. The van der Waals surface area contributed by atoms with E-state index in [0.717, 1.165) is 12.3 Å². The Hall–Kier alpha value is -1.04. The van der Waals surface area contributed by atoms with Gasteiger partial charge in [0, 0.05) is 18.6 Å². The van der Waals surface area contributed by atoms with E-state index in [2.05, 4.69) is 4.98 Å². The highest BCUT2D eigenvalue weighted by molar-refractivity contribution is 7.91. The fourth-order valence-corrected chi connectivity index (χ4v) is 1.30. The van der Waals surface area contributed by atoms with Crippen molar-refractivity contribution in [1.82, 2.24) is 4.98 Å². The molecule has 0 saturated heterocycles. The fraction of sp³-hybridized carbons (Fsp3) is 0.286. The second-order valence-electron chi connectivity index (χ2n) is 2.53. The van der Waals surface area contributed by atoms with Crippen LogP contribution < -0.4 is 0 Å². The lowest BCUT2D eigenvalue weighted by Gasteiger charge is -2.13. The zero-order valence-electron chi connectivity index (χ0n) is 6.74. The van der Waals surface area contributed by atoms with E-state index in [-0.39, 0.29) is 0 Å². The molecule has 0 atom stereocenters. The molecule has 3 nitrogen and oxygen atoms in total. The molecule has 13 heavy (non-hydrogen) atoms. The van der Waals surface area contributed by atoms with E-state index in [9.17, 15) is 17.2 Å². The van der Waals surface area contributed by atoms with Gasteiger partial charge in [0.15, 0.2) is 0 Å². The lowest BCUT2D eigenvalue weighted by Crippen LogP contribution is -2.24. The molecule has 1 aromatic heterocycles. The summed E-state index contributed by atoms with van der Waals surface area (Å²) in [6.45, 7) is 0. The smallest absolute Gasteiger partial charge is 0.264 e. The Balaban J connectivity index is 3.24. The van der Waals surface area contributed by atoms with E-state index >= 15 is 0 Å². The SMILES string of the molecule is CS(=O)(=O)C(F)(F)c1cccnc1. The van der Waals surface area contributed by atoms with Crippen LogP contribution in [-0.4, -0.2) is 19.7 Å². The van der Waals surface area contributed by atoms with Gasteiger partial charge in [-0.3, -0.25) is 4.98 Å². The van der Waals surface area contributed by atoms with Gasteiger partial charge in [0.25, 0.3) is 0 Å². The molecule has 0 aromatic carbocycles. The lowest BCUT2D eigenvalue weighted by atomic mass is 10.3. The Morgan fingerprint density at radius 3 is 2.46 bits per heavy atom. The maximum Gasteiger partial charge on any atom is 0.371 e. The summed E-state index contributed by atoms with van der Waals surface area (Å²) in [6.07, 6.45) is 2.61. The van der Waals surface area contributed by atoms with Crippen LogP contribution in [0.25, 0.3) is 0 Å². The van der Waals surface area contributed by atoms with Crippen LogP contribution in [-0.2, 0) is 15.1 Å². The fourth-order valence-electron chi connectivity index (χ4n) is 0.749. The second kappa shape index (κ2) is 3.02. The second-order valence-corrected chi connectivity index (χ2v) is 4.59. The molecule has 0 amide bonds. The number of halogens is 2. The Labute approximate surface area is 74.3 Å². The van der Waals surface area contributed by atoms with Crippen LogP contribution in [0, 0.1) is 0 Å². The molecular weight excluding hydrogens is 200 g/mol. The van der Waals surface area contributed by atoms with Crippen molar-refractivity contribution in [2.24, 2.45) is 0 Å². The van der Waals surface area contributed by atoms with Crippen LogP contribution in [0.3, 0.4) is 0 Å². The van der Waals surface area contributed by atoms with E-state index < -0.39 is 20.7 Å². The molecule has 72 valence electrons. The predicted octanol–water partition coefficient (Wildman–Crippen LogP) is 1.18. The lowest BCUT2D eigenvalue weighted by molar-refractivity contribution is 0.0911. The van der Waals surface area contributed by atoms with Crippen molar-refractivity contribution in [2.45, 2.75) is 5.25 Å². The first kappa shape index (κ1) is 10.0. The summed E-state index contributed by atoms with van der Waals surface area (Å²) in [5.74, 6) is 0. The molecule has 0 N–H and O–H groups in total. The highest BCUT2D eigenvalue weighted by atomic mass is 32.2. The van der Waals surface area contributed by atoms with Crippen LogP contribution >= 0.6 is 0 Å². The van der Waals surface area contributed by atoms with E-state index in [4.69, 9.17) is 0 Å². The van der Waals surface area contributed by atoms with Crippen LogP contribution in [0.15, 0.2) is 24.5 Å². The van der Waals surface area contributed by atoms with E-state index in [1.165, 1.54) is 12.3 Å². The first-order valence-electron chi connectivity index (χ1n) is 3.33. The summed E-state index contributed by atoms with van der Waals surface area (Å²) in [6, 6.07) is 2.28. The Morgan fingerprint density at radius 1 is 1.46 bits per heavy atom. The monoisotopic (exact) mass is 207 g/mol. The van der Waals surface area contributed by atoms with Crippen LogP contribution in [0.4, 0.5) is 8.78 Å². The largest absolute Gasteiger partial charge is 0.371 e. The van der Waals surface area contributed by atoms with Crippen molar-refractivity contribution in [2.75, 3.05) is 6.26 Å². The van der Waals surface area contributed by atoms with Crippen molar-refractivity contribution in [3.05, 3.63) is 30.1 Å². The zero-order valence-corrected chi connectivity index (χ0v) is 7.55. The molecule has 1 aromatic rings. The van der Waals surface area contributed by atoms with Gasteiger partial charge in [-0.05, 0) is 12.1 Å². The summed E-state index contributed by atoms with van der Waals surface area (Å²) in [5.41, 5.74) is -0.613. The minimum Gasteiger partial charge on any atom is -0.264 e. The van der Waals surface area contributed by atoms with Crippen LogP contribution in [0.1, 0.15) is 5.56 Å². The highest BCUT2D eigenvalue weighted by Crippen LogP contribution is 2.32. The summed E-state index contributed by atoms with van der Waals surface area (Å²) < 4.78 is 47.4. The summed E-state index contributed by atoms with van der Waals surface area (Å²) in [4.78, 5) is 3.42. The molecule has 6 heteroatoms. The maximum atomic E-state index is 13.0. The number of hydrogen-bond donors (Lipinski definition) is 0. The maximum absolute atomic E-state index is 13.0. The molecule has 0 radical (unpaired) electrons. The number of hydrogen-bond acceptors (Lipinski definition) is 3. The Bertz CT molecular complexity index is 388. The van der Waals surface area contributed by atoms with Crippen molar-refractivity contribution in [3.8, 4) is 0 Å². The molecule has 0 aliphatic rings. The van der Waals surface area contributed by atoms with Gasteiger partial charge in [-0.25, -0.2) is 8.42 Å². The molecule has 0 fully saturated rings. The van der Waals surface area contributed by atoms with Gasteiger partial charge < -0.3 is 0 Å². The number of alkyl halides is 2. The average Bonchev–Trinajstić information content (AvgIpc) is 2.04. The molecule has 0 unspecified atom stereocenters. The van der Waals surface area contributed by atoms with Crippen molar-refractivity contribution in [1.29, 1.82) is 0 Å². The zero-order chi connectivity index (χ0) is 10.1. The first-order chi connectivity index (χ1) is 5.86. The topological polar surface area (TPSA) is 47.0 Å². The summed E-state index contributed by atoms with van der Waals surface area (Å²) >= 11 is 0. The van der Waals surface area contributed by atoms with Crippen LogP contribution in [0.2, 0.25) is 0 Å². The van der Waals surface area contributed by atoms with Gasteiger partial charge in [-0.15, -0.1) is 0 Å². The molecule has 0 saturated carbocycles. The quantitative estimate of drug-likeness (QED) is 0.731. The normalized spacial score (nSPS) is 12.8. The number of rotatable bonds is 2. The minimum absolute atomic E-state index is 0.486. The van der Waals surface area contributed by atoms with E-state index in [0.29, 0.717) is 6.26 Å². The molecule has 0 spiro atoms. The van der Waals surface area contributed by atoms with E-state index in [1.807, 2.05) is 0 Å². The summed E-state index contributed by atoms with van der Waals surface area (Å²) in [7, 11) is -4.43. The van der Waals surface area contributed by atoms with Gasteiger partial charge >= 0.3 is 5.25 Å². The molecular formula is C7H7F2NO2S. The third-order valence-corrected chi connectivity index (χ3v) is 2.63. The number of nitrogens with zero attached hydrogens (tertiary/aromatic N) is 1. The molecule has 1 heterocycles. The predicted molar refractivity (Wildman–Crippen MR) is 43.0 cm³/mol. The van der Waals surface area contributed by atoms with Gasteiger partial charge in [0.05, 0.1) is 5.56 Å². The van der Waals surface area contributed by atoms with Gasteiger partial charge in [0.1, 0.15) is 0 Å². The third kappa shape index (κ3) is 1.82. The van der Waals surface area contributed by atoms with Gasteiger partial charge in [0.2, 0.25) is 9.84 Å². The molecule has 0 bridgehead atoms. The average molecular weight is 207 g/mol. The first-order valence-corrected chi connectivity index (χ1v) is 5.23. The third-order valence-electron chi connectivity index (χ3n) is 1.46. The van der Waals surface area contributed by atoms with Crippen molar-refractivity contribution < 1.29 is 17.2 Å². The molecule has 0 aliphatic carbocycles. The number of sulfone groups is 1. The van der Waals surface area contributed by atoms with Crippen molar-refractivity contribution >= 4 is 9.84 Å². The Morgan fingerprint density at radius 2 is 2.08 bits per heavy atom. The van der Waals surface area contributed by atoms with Gasteiger partial charge in [-0.1, -0.05) is 0 Å². The molecule has 0 aliphatic heterocycles. The standard InChI is InChI=1S/C7H7F2NO2S/c1-13(11,12)7(8,9)6-3-2-4-10-5-6/h2-5H,1H3. The minimum atomic E-state index is -4.43. The summed E-state index contributed by atoms with van der Waals surface area (Å²) in [5, 5.41) is -3.86. The Kier molecular flexibility index (Phi) is 2.34. The van der Waals surface area contributed by atoms with Crippen molar-refractivity contribution in [3.63, 3.8) is 0 Å². The van der Waals surface area contributed by atoms with Gasteiger partial charge in [-0.2, -0.15) is 8.78 Å². The number of pyridine rings is 1. The van der Waals surface area contributed by atoms with E-state index in [1.54, 1.807) is 0 Å².